The van der Waals surface area contributed by atoms with E-state index in [-0.39, 0.29) is 38.4 Å². The molecule has 0 aliphatic rings. The molecule has 1 aromatic carbocycles. The molecule has 0 amide bonds. The molecule has 15 heavy (non-hydrogen) atoms. The van der Waals surface area contributed by atoms with E-state index in [1.807, 2.05) is 13.8 Å². The van der Waals surface area contributed by atoms with Crippen LogP contribution in [0.5, 0.6) is 0 Å². The minimum Gasteiger partial charge on any atom is -0.338 e. The number of hydrogen-bond acceptors (Lipinski definition) is 3. The third-order valence-electron chi connectivity index (χ3n) is 1.47. The second-order valence-corrected chi connectivity index (χ2v) is 2.26. The number of nitrogens with two attached hydrogens (primary N) is 1. The number of nitro benzene ring substituents is 1. The van der Waals surface area contributed by atoms with E-state index in [0.717, 1.165) is 0 Å². The number of nitro groups is 1. The van der Waals surface area contributed by atoms with Crippen molar-refractivity contribution in [3.63, 3.8) is 0 Å². The molecule has 0 aromatic heterocycles. The van der Waals surface area contributed by atoms with Crippen LogP contribution in [0.4, 0.5) is 5.69 Å². The summed E-state index contributed by atoms with van der Waals surface area (Å²) in [5.41, 5.74) is 5.93. The van der Waals surface area contributed by atoms with Crippen LogP contribution in [0.3, 0.4) is 0 Å². The zero-order chi connectivity index (χ0) is 11.0. The Kier molecular flexibility index (Phi) is 11.4. The van der Waals surface area contributed by atoms with Gasteiger partial charge in [-0.2, -0.15) is 12.5 Å². The van der Waals surface area contributed by atoms with Crippen molar-refractivity contribution in [3.05, 3.63) is 46.4 Å². The predicted molar refractivity (Wildman–Crippen MR) is 56.9 cm³/mol. The maximum atomic E-state index is 10.4. The molecule has 2 N–H and O–H groups in total. The van der Waals surface area contributed by atoms with E-state index < -0.39 is 4.92 Å². The van der Waals surface area contributed by atoms with Gasteiger partial charge in [-0.3, -0.25) is 10.1 Å². The summed E-state index contributed by atoms with van der Waals surface area (Å²) in [5, 5.41) is 10.4. The predicted octanol–water partition coefficient (Wildman–Crippen LogP) is 2.13. The average molecular weight is 284 g/mol. The van der Waals surface area contributed by atoms with Gasteiger partial charge in [-0.15, -0.1) is 11.6 Å². The molecule has 0 saturated carbocycles. The molecule has 1 aromatic rings. The van der Waals surface area contributed by atoms with E-state index in [9.17, 15) is 10.1 Å². The van der Waals surface area contributed by atoms with Crippen molar-refractivity contribution < 1.29 is 37.6 Å². The fourth-order valence-electron chi connectivity index (χ4n) is 0.953. The van der Waals surface area contributed by atoms with Crippen molar-refractivity contribution in [3.8, 4) is 0 Å². The summed E-state index contributed by atoms with van der Waals surface area (Å²) in [6, 6.07) is 6.51. The molecule has 0 fully saturated rings. The Morgan fingerprint density at radius 2 is 1.93 bits per heavy atom. The quantitative estimate of drug-likeness (QED) is 0.525. The summed E-state index contributed by atoms with van der Waals surface area (Å²) < 4.78 is 0. The van der Waals surface area contributed by atoms with Gasteiger partial charge in [0.05, 0.1) is 0 Å². The summed E-state index contributed by atoms with van der Waals surface area (Å²) in [6.45, 7) is 4.31. The van der Waals surface area contributed by atoms with E-state index in [4.69, 9.17) is 5.73 Å². The van der Waals surface area contributed by atoms with Crippen LogP contribution < -0.4 is 5.73 Å². The fourth-order valence-corrected chi connectivity index (χ4v) is 0.953. The molecule has 0 heterocycles. The van der Waals surface area contributed by atoms with Crippen LogP contribution in [0.2, 0.25) is 0 Å². The van der Waals surface area contributed by atoms with Crippen LogP contribution in [-0.2, 0) is 32.7 Å². The van der Waals surface area contributed by atoms with E-state index in [1.54, 1.807) is 24.6 Å². The number of hydrogen-bond donors (Lipinski definition) is 1. The monoisotopic (exact) mass is 284 g/mol. The smallest absolute Gasteiger partial charge is 0.170 e. The van der Waals surface area contributed by atoms with Gasteiger partial charge in [0.15, 0.2) is 5.69 Å². The van der Waals surface area contributed by atoms with Crippen LogP contribution in [-0.4, -0.2) is 11.5 Å². The van der Waals surface area contributed by atoms with Crippen LogP contribution in [0.25, 0.3) is 0 Å². The molecular weight excluding hydrogens is 269 g/mol. The van der Waals surface area contributed by atoms with Gasteiger partial charge < -0.3 is 5.73 Å². The van der Waals surface area contributed by atoms with Crippen molar-refractivity contribution >= 4 is 5.69 Å². The minimum absolute atomic E-state index is 0. The minimum atomic E-state index is -0.415. The number of benzene rings is 1. The summed E-state index contributed by atoms with van der Waals surface area (Å²) >= 11 is 0. The zero-order valence-electron chi connectivity index (χ0n) is 9.01. The molecule has 0 aliphatic carbocycles. The first-order valence-corrected chi connectivity index (χ1v) is 4.52. The van der Waals surface area contributed by atoms with E-state index in [1.165, 1.54) is 6.07 Å². The van der Waals surface area contributed by atoms with Gasteiger partial charge in [-0.05, 0) is 12.6 Å². The Hall–Kier alpha value is -0.446. The Labute approximate surface area is 115 Å². The molecule has 0 saturated heterocycles. The maximum Gasteiger partial charge on any atom is 0.170 e. The second kappa shape index (κ2) is 10.1. The van der Waals surface area contributed by atoms with E-state index in [0.29, 0.717) is 12.1 Å². The van der Waals surface area contributed by atoms with Crippen molar-refractivity contribution in [2.24, 2.45) is 5.73 Å². The molecule has 5 heteroatoms. The normalized spacial score (nSPS) is 7.93. The Morgan fingerprint density at radius 1 is 1.40 bits per heavy atom. The molecule has 0 spiro atoms. The molecular formula is C10H15N2O2Y-. The van der Waals surface area contributed by atoms with Gasteiger partial charge in [-0.1, -0.05) is 19.9 Å². The number of nitrogens with zero attached hydrogens (tertiary/aromatic N) is 1. The molecule has 1 radical (unpaired) electrons. The number of para-hydroxylation sites is 1. The number of rotatable bonds is 3. The van der Waals surface area contributed by atoms with Gasteiger partial charge in [0, 0.05) is 37.6 Å². The molecule has 0 aliphatic heterocycles. The summed E-state index contributed by atoms with van der Waals surface area (Å²) in [7, 11) is 0. The van der Waals surface area contributed by atoms with Crippen molar-refractivity contribution in [1.29, 1.82) is 0 Å². The first kappa shape index (κ1) is 17.0. The van der Waals surface area contributed by atoms with E-state index >= 15 is 0 Å². The SMILES string of the molecule is CC.NC[CH-]c1ccccc1[N+](=O)[O-].[Y]. The van der Waals surface area contributed by atoms with Gasteiger partial charge in [0.25, 0.3) is 0 Å². The van der Waals surface area contributed by atoms with Crippen LogP contribution >= 0.6 is 0 Å². The largest absolute Gasteiger partial charge is 0.338 e. The van der Waals surface area contributed by atoms with Gasteiger partial charge >= 0.3 is 0 Å². The maximum absolute atomic E-state index is 10.4. The van der Waals surface area contributed by atoms with Gasteiger partial charge in [-0.25, -0.2) is 0 Å². The Balaban J connectivity index is 0. The van der Waals surface area contributed by atoms with Crippen LogP contribution in [0, 0.1) is 16.5 Å². The third kappa shape index (κ3) is 5.87. The molecule has 0 bridgehead atoms. The molecule has 0 atom stereocenters. The standard InChI is InChI=1S/C8H9N2O2.C2H6.Y/c9-6-5-7-3-1-2-4-8(7)10(11)12;1-2;/h1-5H,6,9H2;1-2H3;/q-1;;. The van der Waals surface area contributed by atoms with Crippen molar-refractivity contribution in [2.45, 2.75) is 13.8 Å². The van der Waals surface area contributed by atoms with E-state index in [2.05, 4.69) is 0 Å². The molecule has 0 unspecified atom stereocenters. The van der Waals surface area contributed by atoms with Crippen LogP contribution in [0.15, 0.2) is 24.3 Å². The molecule has 1 rings (SSSR count). The summed E-state index contributed by atoms with van der Waals surface area (Å²) in [5.74, 6) is 0. The Bertz CT molecular complexity index is 293. The summed E-state index contributed by atoms with van der Waals surface area (Å²) in [4.78, 5) is 10.0. The molecule has 81 valence electrons. The van der Waals surface area contributed by atoms with Crippen LogP contribution in [0.1, 0.15) is 19.4 Å². The molecule has 4 nitrogen and oxygen atoms in total. The fraction of sp³-hybridized carbons (Fsp3) is 0.300. The average Bonchev–Trinajstić information content (AvgIpc) is 2.22. The van der Waals surface area contributed by atoms with Crippen molar-refractivity contribution in [1.82, 2.24) is 0 Å². The first-order chi connectivity index (χ1) is 6.75. The third-order valence-corrected chi connectivity index (χ3v) is 1.47. The second-order valence-electron chi connectivity index (χ2n) is 2.26. The van der Waals surface area contributed by atoms with Crippen molar-refractivity contribution in [2.75, 3.05) is 6.54 Å². The zero-order valence-corrected chi connectivity index (χ0v) is 11.9. The first-order valence-electron chi connectivity index (χ1n) is 4.52. The topological polar surface area (TPSA) is 69.2 Å². The Morgan fingerprint density at radius 3 is 2.40 bits per heavy atom. The summed E-state index contributed by atoms with van der Waals surface area (Å²) in [6.07, 6.45) is 1.62. The van der Waals surface area contributed by atoms with Gasteiger partial charge in [0.2, 0.25) is 0 Å². The van der Waals surface area contributed by atoms with Gasteiger partial charge in [0.1, 0.15) is 0 Å².